The third kappa shape index (κ3) is 7.96. The van der Waals surface area contributed by atoms with Gasteiger partial charge in [0.05, 0.1) is 19.3 Å². The second-order valence-corrected chi connectivity index (χ2v) is 4.34. The number of carbonyl (C=O) groups is 1. The van der Waals surface area contributed by atoms with Crippen LogP contribution in [0.1, 0.15) is 5.56 Å². The van der Waals surface area contributed by atoms with Crippen molar-refractivity contribution in [2.75, 3.05) is 26.4 Å². The molecule has 0 unspecified atom stereocenters. The van der Waals surface area contributed by atoms with Gasteiger partial charge in [0.1, 0.15) is 19.8 Å². The Morgan fingerprint density at radius 2 is 1.68 bits per heavy atom. The first-order chi connectivity index (χ1) is 10.8. The molecule has 0 radical (unpaired) electrons. The largest absolute Gasteiger partial charge is 0.445 e. The molecule has 0 heterocycles. The molecular weight excluding hydrogens is 282 g/mol. The van der Waals surface area contributed by atoms with Gasteiger partial charge in [0, 0.05) is 0 Å². The van der Waals surface area contributed by atoms with E-state index in [1.54, 1.807) is 0 Å². The normalized spacial score (nSPS) is 9.77. The maximum absolute atomic E-state index is 11.8. The highest BCUT2D eigenvalue weighted by Crippen LogP contribution is 2.01. The van der Waals surface area contributed by atoms with E-state index in [9.17, 15) is 4.79 Å². The minimum Gasteiger partial charge on any atom is -0.445 e. The van der Waals surface area contributed by atoms with E-state index < -0.39 is 6.09 Å². The summed E-state index contributed by atoms with van der Waals surface area (Å²) >= 11 is 0. The number of ether oxygens (including phenoxy) is 3. The predicted octanol–water partition coefficient (Wildman–Crippen LogP) is 1.58. The van der Waals surface area contributed by atoms with E-state index in [1.807, 2.05) is 30.3 Å². The SMILES string of the molecule is C#CCOCC(COCC#C)NC(=O)OCc1ccccc1. The third-order valence-corrected chi connectivity index (χ3v) is 2.54. The summed E-state index contributed by atoms with van der Waals surface area (Å²) in [6.07, 6.45) is 9.66. The Hall–Kier alpha value is -2.47. The first-order valence-electron chi connectivity index (χ1n) is 6.76. The van der Waals surface area contributed by atoms with Gasteiger partial charge >= 0.3 is 6.09 Å². The van der Waals surface area contributed by atoms with Crippen molar-refractivity contribution >= 4 is 6.09 Å². The highest BCUT2D eigenvalue weighted by atomic mass is 16.5. The molecule has 0 bridgehead atoms. The Kier molecular flexibility index (Phi) is 8.96. The lowest BCUT2D eigenvalue weighted by Crippen LogP contribution is -2.42. The maximum Gasteiger partial charge on any atom is 0.407 e. The van der Waals surface area contributed by atoms with Gasteiger partial charge in [-0.2, -0.15) is 0 Å². The first-order valence-corrected chi connectivity index (χ1v) is 6.76. The molecule has 0 saturated heterocycles. The van der Waals surface area contributed by atoms with Crippen LogP contribution in [0.4, 0.5) is 4.79 Å². The molecule has 1 amide bonds. The highest BCUT2D eigenvalue weighted by molar-refractivity contribution is 5.67. The van der Waals surface area contributed by atoms with Crippen LogP contribution in [0.15, 0.2) is 30.3 Å². The second-order valence-electron chi connectivity index (χ2n) is 4.34. The standard InChI is InChI=1S/C17H19NO4/c1-3-10-20-13-16(14-21-11-4-2)18-17(19)22-12-15-8-6-5-7-9-15/h1-2,5-9,16H,10-14H2,(H,18,19). The van der Waals surface area contributed by atoms with Gasteiger partial charge in [-0.05, 0) is 5.56 Å². The fraction of sp³-hybridized carbons (Fsp3) is 0.353. The molecule has 116 valence electrons. The fourth-order valence-corrected chi connectivity index (χ4v) is 1.58. The zero-order valence-electron chi connectivity index (χ0n) is 12.3. The van der Waals surface area contributed by atoms with E-state index in [4.69, 9.17) is 27.1 Å². The van der Waals surface area contributed by atoms with Crippen molar-refractivity contribution in [2.45, 2.75) is 12.6 Å². The van der Waals surface area contributed by atoms with Gasteiger partial charge in [0.2, 0.25) is 0 Å². The highest BCUT2D eigenvalue weighted by Gasteiger charge is 2.13. The van der Waals surface area contributed by atoms with Gasteiger partial charge in [0.25, 0.3) is 0 Å². The van der Waals surface area contributed by atoms with Crippen LogP contribution in [0.25, 0.3) is 0 Å². The third-order valence-electron chi connectivity index (χ3n) is 2.54. The van der Waals surface area contributed by atoms with Gasteiger partial charge in [-0.15, -0.1) is 12.8 Å². The van der Waals surface area contributed by atoms with Crippen molar-refractivity contribution in [1.82, 2.24) is 5.32 Å². The Labute approximate surface area is 130 Å². The van der Waals surface area contributed by atoms with E-state index in [-0.39, 0.29) is 39.1 Å². The van der Waals surface area contributed by atoms with E-state index in [0.717, 1.165) is 5.56 Å². The Morgan fingerprint density at radius 1 is 1.09 bits per heavy atom. The van der Waals surface area contributed by atoms with Crippen LogP contribution in [0.5, 0.6) is 0 Å². The van der Waals surface area contributed by atoms with Crippen LogP contribution < -0.4 is 5.32 Å². The average molecular weight is 301 g/mol. The zero-order chi connectivity index (χ0) is 16.0. The number of hydrogen-bond acceptors (Lipinski definition) is 4. The molecule has 0 aliphatic rings. The van der Waals surface area contributed by atoms with Gasteiger partial charge in [0.15, 0.2) is 0 Å². The summed E-state index contributed by atoms with van der Waals surface area (Å²) in [5, 5.41) is 2.66. The summed E-state index contributed by atoms with van der Waals surface area (Å²) in [6.45, 7) is 0.943. The first kappa shape index (κ1) is 17.6. The van der Waals surface area contributed by atoms with Crippen molar-refractivity contribution in [2.24, 2.45) is 0 Å². The van der Waals surface area contributed by atoms with E-state index in [1.165, 1.54) is 0 Å². The molecule has 5 heteroatoms. The molecular formula is C17H19NO4. The number of amides is 1. The molecule has 0 saturated carbocycles. The number of rotatable bonds is 9. The summed E-state index contributed by atoms with van der Waals surface area (Å²) < 4.78 is 15.5. The molecule has 1 aromatic carbocycles. The smallest absolute Gasteiger partial charge is 0.407 e. The fourth-order valence-electron chi connectivity index (χ4n) is 1.58. The molecule has 5 nitrogen and oxygen atoms in total. The van der Waals surface area contributed by atoms with Gasteiger partial charge in [-0.25, -0.2) is 4.79 Å². The number of nitrogens with one attached hydrogen (secondary N) is 1. The predicted molar refractivity (Wildman–Crippen MR) is 82.9 cm³/mol. The maximum atomic E-state index is 11.8. The van der Waals surface area contributed by atoms with Crippen LogP contribution in [-0.4, -0.2) is 38.6 Å². The number of carbonyl (C=O) groups excluding carboxylic acids is 1. The van der Waals surface area contributed by atoms with Crippen molar-refractivity contribution in [3.8, 4) is 24.7 Å². The van der Waals surface area contributed by atoms with Gasteiger partial charge < -0.3 is 19.5 Å². The van der Waals surface area contributed by atoms with Crippen LogP contribution in [-0.2, 0) is 20.8 Å². The van der Waals surface area contributed by atoms with Crippen molar-refractivity contribution in [3.05, 3.63) is 35.9 Å². The summed E-state index contributed by atoms with van der Waals surface area (Å²) in [5.41, 5.74) is 0.904. The van der Waals surface area contributed by atoms with E-state index in [2.05, 4.69) is 17.2 Å². The van der Waals surface area contributed by atoms with Crippen LogP contribution >= 0.6 is 0 Å². The minimum absolute atomic E-state index is 0.159. The minimum atomic E-state index is -0.553. The Morgan fingerprint density at radius 3 is 2.23 bits per heavy atom. The number of benzene rings is 1. The van der Waals surface area contributed by atoms with Gasteiger partial charge in [-0.1, -0.05) is 42.2 Å². The molecule has 1 aromatic rings. The Balaban J connectivity index is 2.36. The second kappa shape index (κ2) is 11.2. The van der Waals surface area contributed by atoms with Crippen LogP contribution in [0.2, 0.25) is 0 Å². The van der Waals surface area contributed by atoms with Crippen molar-refractivity contribution in [3.63, 3.8) is 0 Å². The lowest BCUT2D eigenvalue weighted by Gasteiger charge is -2.17. The monoisotopic (exact) mass is 301 g/mol. The number of alkyl carbamates (subject to hydrolysis) is 1. The molecule has 0 aromatic heterocycles. The number of terminal acetylenes is 2. The summed E-state index contributed by atoms with van der Waals surface area (Å²) in [5.74, 6) is 4.70. The topological polar surface area (TPSA) is 56.8 Å². The number of hydrogen-bond donors (Lipinski definition) is 1. The molecule has 0 aliphatic carbocycles. The molecule has 0 aliphatic heterocycles. The molecule has 0 spiro atoms. The molecule has 0 atom stereocenters. The molecule has 0 fully saturated rings. The summed E-state index contributed by atoms with van der Waals surface area (Å²) in [6, 6.07) is 9.00. The molecule has 1 rings (SSSR count). The zero-order valence-corrected chi connectivity index (χ0v) is 12.3. The average Bonchev–Trinajstić information content (AvgIpc) is 2.54. The van der Waals surface area contributed by atoms with Crippen molar-refractivity contribution in [1.29, 1.82) is 0 Å². The molecule has 1 N–H and O–H groups in total. The van der Waals surface area contributed by atoms with E-state index >= 15 is 0 Å². The van der Waals surface area contributed by atoms with E-state index in [0.29, 0.717) is 0 Å². The summed E-state index contributed by atoms with van der Waals surface area (Å²) in [4.78, 5) is 11.8. The summed E-state index contributed by atoms with van der Waals surface area (Å²) in [7, 11) is 0. The van der Waals surface area contributed by atoms with Crippen molar-refractivity contribution < 1.29 is 19.0 Å². The lowest BCUT2D eigenvalue weighted by molar-refractivity contribution is 0.0709. The Bertz CT molecular complexity index is 496. The quantitative estimate of drug-likeness (QED) is 0.556. The lowest BCUT2D eigenvalue weighted by atomic mass is 10.2. The van der Waals surface area contributed by atoms with Crippen LogP contribution in [0, 0.1) is 24.7 Å². The molecule has 22 heavy (non-hydrogen) atoms. The van der Waals surface area contributed by atoms with Gasteiger partial charge in [-0.3, -0.25) is 0 Å². The van der Waals surface area contributed by atoms with Crippen LogP contribution in [0.3, 0.4) is 0 Å².